The lowest BCUT2D eigenvalue weighted by molar-refractivity contribution is -0.131. The number of carbonyl (C=O) groups excluding carboxylic acids is 2. The highest BCUT2D eigenvalue weighted by molar-refractivity contribution is 5.90. The maximum Gasteiger partial charge on any atom is 0.220 e. The predicted octanol–water partition coefficient (Wildman–Crippen LogP) is 4.49. The minimum absolute atomic E-state index is 0.0294. The molecule has 1 rings (SSSR count). The van der Waals surface area contributed by atoms with Gasteiger partial charge in [-0.3, -0.25) is 9.59 Å². The predicted molar refractivity (Wildman–Crippen MR) is 91.7 cm³/mol. The molecule has 1 aliphatic rings. The summed E-state index contributed by atoms with van der Waals surface area (Å²) in [5.74, 6) is 0.451. The number of nitrogens with one attached hydrogen (secondary N) is 1. The topological polar surface area (TPSA) is 46.2 Å². The first-order chi connectivity index (χ1) is 10.3. The smallest absolute Gasteiger partial charge is 0.220 e. The Morgan fingerprint density at radius 2 is 1.64 bits per heavy atom. The van der Waals surface area contributed by atoms with Crippen LogP contribution in [0, 0.1) is 17.3 Å². The van der Waals surface area contributed by atoms with Crippen molar-refractivity contribution in [3.63, 3.8) is 0 Å². The van der Waals surface area contributed by atoms with Gasteiger partial charge in [-0.2, -0.15) is 0 Å². The van der Waals surface area contributed by atoms with E-state index in [0.29, 0.717) is 11.8 Å². The van der Waals surface area contributed by atoms with E-state index in [0.717, 1.165) is 19.3 Å². The van der Waals surface area contributed by atoms with Crippen molar-refractivity contribution in [2.45, 2.75) is 92.0 Å². The van der Waals surface area contributed by atoms with Gasteiger partial charge >= 0.3 is 0 Å². The first-order valence-electron chi connectivity index (χ1n) is 9.16. The Balaban J connectivity index is 2.60. The quantitative estimate of drug-likeness (QED) is 0.682. The molecule has 3 nitrogen and oxygen atoms in total. The van der Waals surface area contributed by atoms with Crippen LogP contribution in [0.2, 0.25) is 0 Å². The second kappa shape index (κ2) is 8.69. The van der Waals surface area contributed by atoms with Gasteiger partial charge in [0.2, 0.25) is 5.91 Å². The van der Waals surface area contributed by atoms with Crippen LogP contribution in [0.25, 0.3) is 0 Å². The summed E-state index contributed by atoms with van der Waals surface area (Å²) in [6.45, 7) is 10.3. The highest BCUT2D eigenvalue weighted by Crippen LogP contribution is 2.41. The van der Waals surface area contributed by atoms with Crippen molar-refractivity contribution >= 4 is 11.7 Å². The largest absolute Gasteiger partial charge is 0.346 e. The van der Waals surface area contributed by atoms with Gasteiger partial charge in [-0.25, -0.2) is 0 Å². The maximum absolute atomic E-state index is 12.4. The zero-order chi connectivity index (χ0) is 16.8. The molecule has 0 heterocycles. The Labute approximate surface area is 136 Å². The van der Waals surface area contributed by atoms with Gasteiger partial charge in [0.15, 0.2) is 5.78 Å². The molecule has 1 amide bonds. The van der Waals surface area contributed by atoms with Crippen molar-refractivity contribution in [1.29, 1.82) is 0 Å². The number of rotatable bonds is 9. The molecule has 0 bridgehead atoms. The Morgan fingerprint density at radius 3 is 2.09 bits per heavy atom. The van der Waals surface area contributed by atoms with E-state index >= 15 is 0 Å². The number of amides is 1. The molecule has 0 saturated heterocycles. The van der Waals surface area contributed by atoms with Gasteiger partial charge in [0.05, 0.1) is 6.04 Å². The number of ketones is 1. The summed E-state index contributed by atoms with van der Waals surface area (Å²) in [5, 5.41) is 3.05. The fraction of sp³-hybridized carbons (Fsp3) is 0.895. The fourth-order valence-corrected chi connectivity index (χ4v) is 3.68. The molecule has 0 unspecified atom stereocenters. The summed E-state index contributed by atoms with van der Waals surface area (Å²) in [6, 6.07) is -0.307. The SMILES string of the molecule is CCC(CC)[C@H](NC(=O)CCC1(C)CCCC1)C(=O)C(C)C. The van der Waals surface area contributed by atoms with Gasteiger partial charge in [0, 0.05) is 12.3 Å². The molecule has 22 heavy (non-hydrogen) atoms. The zero-order valence-electron chi connectivity index (χ0n) is 15.2. The molecule has 1 aliphatic carbocycles. The summed E-state index contributed by atoms with van der Waals surface area (Å²) >= 11 is 0. The summed E-state index contributed by atoms with van der Waals surface area (Å²) in [7, 11) is 0. The lowest BCUT2D eigenvalue weighted by Crippen LogP contribution is -2.47. The number of carbonyl (C=O) groups is 2. The molecule has 1 saturated carbocycles. The Hall–Kier alpha value is -0.860. The van der Waals surface area contributed by atoms with Crippen LogP contribution in [0.15, 0.2) is 0 Å². The Bertz CT molecular complexity index is 366. The summed E-state index contributed by atoms with van der Waals surface area (Å²) < 4.78 is 0. The van der Waals surface area contributed by atoms with Crippen LogP contribution in [-0.2, 0) is 9.59 Å². The fourth-order valence-electron chi connectivity index (χ4n) is 3.68. The lowest BCUT2D eigenvalue weighted by Gasteiger charge is -2.28. The van der Waals surface area contributed by atoms with Gasteiger partial charge < -0.3 is 5.32 Å². The van der Waals surface area contributed by atoms with E-state index in [9.17, 15) is 9.59 Å². The van der Waals surface area contributed by atoms with Gasteiger partial charge in [0.25, 0.3) is 0 Å². The second-order valence-electron chi connectivity index (χ2n) is 7.70. The maximum atomic E-state index is 12.4. The number of Topliss-reactive ketones (excluding diaryl/α,β-unsaturated/α-hetero) is 1. The van der Waals surface area contributed by atoms with Gasteiger partial charge in [-0.05, 0) is 30.6 Å². The van der Waals surface area contributed by atoms with Crippen LogP contribution < -0.4 is 5.32 Å². The van der Waals surface area contributed by atoms with E-state index in [1.807, 2.05) is 13.8 Å². The van der Waals surface area contributed by atoms with Crippen LogP contribution in [0.3, 0.4) is 0 Å². The highest BCUT2D eigenvalue weighted by Gasteiger charge is 2.31. The van der Waals surface area contributed by atoms with Crippen molar-refractivity contribution in [1.82, 2.24) is 5.32 Å². The molecule has 3 heteroatoms. The van der Waals surface area contributed by atoms with E-state index in [2.05, 4.69) is 26.1 Å². The molecule has 0 aromatic carbocycles. The number of hydrogen-bond donors (Lipinski definition) is 1. The Morgan fingerprint density at radius 1 is 1.09 bits per heavy atom. The molecular formula is C19H35NO2. The molecule has 0 spiro atoms. The molecule has 1 fully saturated rings. The van der Waals surface area contributed by atoms with Crippen LogP contribution in [0.1, 0.15) is 86.0 Å². The molecule has 0 aromatic heterocycles. The second-order valence-corrected chi connectivity index (χ2v) is 7.70. The molecule has 1 N–H and O–H groups in total. The minimum Gasteiger partial charge on any atom is -0.346 e. The third-order valence-corrected chi connectivity index (χ3v) is 5.48. The highest BCUT2D eigenvalue weighted by atomic mass is 16.2. The zero-order valence-corrected chi connectivity index (χ0v) is 15.2. The van der Waals surface area contributed by atoms with Gasteiger partial charge in [-0.15, -0.1) is 0 Å². The first kappa shape index (κ1) is 19.2. The van der Waals surface area contributed by atoms with Crippen molar-refractivity contribution in [2.24, 2.45) is 17.3 Å². The normalized spacial score (nSPS) is 18.7. The standard InChI is InChI=1S/C19H35NO2/c1-6-15(7-2)17(18(22)14(3)4)20-16(21)10-13-19(5)11-8-9-12-19/h14-15,17H,6-13H2,1-5H3,(H,20,21)/t17-/m0/s1. The van der Waals surface area contributed by atoms with Crippen LogP contribution in [0.5, 0.6) is 0 Å². The summed E-state index contributed by atoms with van der Waals surface area (Å²) in [5.41, 5.74) is 0.337. The number of hydrogen-bond acceptors (Lipinski definition) is 2. The van der Waals surface area contributed by atoms with Crippen molar-refractivity contribution < 1.29 is 9.59 Å². The average Bonchev–Trinajstić information content (AvgIpc) is 2.91. The summed E-state index contributed by atoms with van der Waals surface area (Å²) in [6.07, 6.45) is 8.42. The Kier molecular flexibility index (Phi) is 7.58. The molecule has 0 radical (unpaired) electrons. The molecule has 128 valence electrons. The van der Waals surface area contributed by atoms with Gasteiger partial charge in [0.1, 0.15) is 0 Å². The van der Waals surface area contributed by atoms with Crippen LogP contribution >= 0.6 is 0 Å². The molecule has 0 aliphatic heterocycles. The van der Waals surface area contributed by atoms with Crippen molar-refractivity contribution in [2.75, 3.05) is 0 Å². The van der Waals surface area contributed by atoms with Gasteiger partial charge in [-0.1, -0.05) is 60.3 Å². The van der Waals surface area contributed by atoms with E-state index < -0.39 is 0 Å². The van der Waals surface area contributed by atoms with E-state index in [4.69, 9.17) is 0 Å². The third kappa shape index (κ3) is 5.40. The van der Waals surface area contributed by atoms with E-state index in [1.165, 1.54) is 25.7 Å². The third-order valence-electron chi connectivity index (χ3n) is 5.48. The van der Waals surface area contributed by atoms with Crippen molar-refractivity contribution in [3.05, 3.63) is 0 Å². The average molecular weight is 309 g/mol. The van der Waals surface area contributed by atoms with Crippen LogP contribution in [-0.4, -0.2) is 17.7 Å². The lowest BCUT2D eigenvalue weighted by atomic mass is 9.83. The van der Waals surface area contributed by atoms with E-state index in [1.54, 1.807) is 0 Å². The molecule has 0 aromatic rings. The van der Waals surface area contributed by atoms with Crippen molar-refractivity contribution in [3.8, 4) is 0 Å². The minimum atomic E-state index is -0.307. The monoisotopic (exact) mass is 309 g/mol. The molecular weight excluding hydrogens is 274 g/mol. The van der Waals surface area contributed by atoms with Crippen LogP contribution in [0.4, 0.5) is 0 Å². The summed E-state index contributed by atoms with van der Waals surface area (Å²) in [4.78, 5) is 24.8. The first-order valence-corrected chi connectivity index (χ1v) is 9.16. The molecule has 1 atom stereocenters. The van der Waals surface area contributed by atoms with E-state index in [-0.39, 0.29) is 29.6 Å².